The fourth-order valence-electron chi connectivity index (χ4n) is 6.92. The second-order valence-corrected chi connectivity index (χ2v) is 17.0. The molecule has 0 bridgehead atoms. The van der Waals surface area contributed by atoms with Gasteiger partial charge in [-0.2, -0.15) is 0 Å². The SMILES string of the molecule is CC/C=C\C/C=C\C/C=C\C/C=C\C/C=C\CCCC(=O)OC[C@@H](COC(=O)CCCCCCC/C=C\CCCC)OC(=O)CCCCCCCCC/C=C\CCCCCCCC. The topological polar surface area (TPSA) is 78.9 Å². The van der Waals surface area contributed by atoms with Crippen LogP contribution in [0, 0.1) is 0 Å². The zero-order chi connectivity index (χ0) is 45.8. The zero-order valence-corrected chi connectivity index (χ0v) is 41.1. The van der Waals surface area contributed by atoms with E-state index in [9.17, 15) is 14.4 Å². The minimum Gasteiger partial charge on any atom is -0.462 e. The third kappa shape index (κ3) is 49.5. The van der Waals surface area contributed by atoms with E-state index >= 15 is 0 Å². The second kappa shape index (κ2) is 51.2. The molecule has 0 radical (unpaired) electrons. The summed E-state index contributed by atoms with van der Waals surface area (Å²) in [6.45, 7) is 6.42. The van der Waals surface area contributed by atoms with Gasteiger partial charge in [0.1, 0.15) is 13.2 Å². The molecule has 0 N–H and O–H groups in total. The lowest BCUT2D eigenvalue weighted by atomic mass is 10.1. The Balaban J connectivity index is 4.47. The predicted molar refractivity (Wildman–Crippen MR) is 270 cm³/mol. The molecular weight excluding hydrogens is 781 g/mol. The summed E-state index contributed by atoms with van der Waals surface area (Å²) in [5.74, 6) is -0.976. The fourth-order valence-corrected chi connectivity index (χ4v) is 6.92. The predicted octanol–water partition coefficient (Wildman–Crippen LogP) is 17.2. The highest BCUT2D eigenvalue weighted by Crippen LogP contribution is 2.14. The Morgan fingerprint density at radius 1 is 0.333 bits per heavy atom. The van der Waals surface area contributed by atoms with Crippen LogP contribution in [-0.2, 0) is 28.6 Å². The number of carbonyl (C=O) groups excluding carboxylic acids is 3. The van der Waals surface area contributed by atoms with Gasteiger partial charge in [0.25, 0.3) is 0 Å². The van der Waals surface area contributed by atoms with E-state index in [2.05, 4.69) is 106 Å². The number of esters is 3. The van der Waals surface area contributed by atoms with Crippen molar-refractivity contribution in [2.24, 2.45) is 0 Å². The number of hydrogen-bond donors (Lipinski definition) is 0. The fraction of sp³-hybridized carbons (Fsp3) is 0.702. The number of unbranched alkanes of at least 4 members (excludes halogenated alkanes) is 21. The van der Waals surface area contributed by atoms with Gasteiger partial charge in [-0.15, -0.1) is 0 Å². The molecule has 63 heavy (non-hydrogen) atoms. The molecule has 0 spiro atoms. The molecule has 0 amide bonds. The van der Waals surface area contributed by atoms with Crippen molar-refractivity contribution in [1.82, 2.24) is 0 Å². The molecule has 0 aromatic rings. The lowest BCUT2D eigenvalue weighted by Crippen LogP contribution is -2.30. The molecule has 1 atom stereocenters. The van der Waals surface area contributed by atoms with Gasteiger partial charge in [-0.25, -0.2) is 0 Å². The van der Waals surface area contributed by atoms with E-state index in [4.69, 9.17) is 14.2 Å². The van der Waals surface area contributed by atoms with Crippen LogP contribution in [0.3, 0.4) is 0 Å². The lowest BCUT2D eigenvalue weighted by molar-refractivity contribution is -0.167. The molecule has 0 saturated heterocycles. The molecule has 0 heterocycles. The third-order valence-corrected chi connectivity index (χ3v) is 10.9. The van der Waals surface area contributed by atoms with Gasteiger partial charge in [0.15, 0.2) is 6.10 Å². The molecule has 0 saturated carbocycles. The van der Waals surface area contributed by atoms with E-state index in [1.165, 1.54) is 103 Å². The standard InChI is InChI=1S/C57H96O6/c1-4-7-10-13-16-19-22-24-26-28-30-32-35-38-41-44-47-50-56(59)62-53-54(52-61-55(58)49-46-43-40-37-34-21-18-15-12-9-6-3)63-57(60)51-48-45-42-39-36-33-31-29-27-25-23-20-17-14-11-8-5-2/h7,10,15-16,18-19,24-27,30,32,38,41,54H,4-6,8-9,11-14,17,20-23,28-29,31,33-37,39-40,42-53H2,1-3H3/b10-7-,18-15-,19-16-,26-24-,27-25-,32-30-,41-38-/t54-/m1/s1. The molecule has 0 aromatic carbocycles. The molecule has 0 unspecified atom stereocenters. The van der Waals surface area contributed by atoms with E-state index in [1.54, 1.807) is 0 Å². The van der Waals surface area contributed by atoms with Crippen LogP contribution in [0.2, 0.25) is 0 Å². The highest BCUT2D eigenvalue weighted by atomic mass is 16.6. The van der Waals surface area contributed by atoms with Crippen molar-refractivity contribution in [2.45, 2.75) is 245 Å². The van der Waals surface area contributed by atoms with E-state index in [-0.39, 0.29) is 37.5 Å². The average Bonchev–Trinajstić information content (AvgIpc) is 3.28. The molecule has 360 valence electrons. The zero-order valence-electron chi connectivity index (χ0n) is 41.1. The summed E-state index contributed by atoms with van der Waals surface area (Å²) in [6, 6.07) is 0. The van der Waals surface area contributed by atoms with E-state index in [1.807, 2.05) is 0 Å². The Bertz CT molecular complexity index is 1240. The molecule has 0 aliphatic rings. The van der Waals surface area contributed by atoms with Gasteiger partial charge in [0.05, 0.1) is 0 Å². The molecule has 6 heteroatoms. The van der Waals surface area contributed by atoms with E-state index < -0.39 is 6.10 Å². The highest BCUT2D eigenvalue weighted by molar-refractivity contribution is 5.71. The van der Waals surface area contributed by atoms with Crippen LogP contribution < -0.4 is 0 Å². The van der Waals surface area contributed by atoms with Crippen molar-refractivity contribution < 1.29 is 28.6 Å². The van der Waals surface area contributed by atoms with Crippen molar-refractivity contribution in [2.75, 3.05) is 13.2 Å². The Morgan fingerprint density at radius 2 is 0.651 bits per heavy atom. The van der Waals surface area contributed by atoms with Crippen molar-refractivity contribution >= 4 is 17.9 Å². The average molecular weight is 877 g/mol. The first-order valence-electron chi connectivity index (χ1n) is 26.1. The number of rotatable bonds is 46. The second-order valence-electron chi connectivity index (χ2n) is 17.0. The summed E-state index contributed by atoms with van der Waals surface area (Å²) in [5, 5.41) is 0. The Hall–Kier alpha value is -3.41. The number of allylic oxidation sites excluding steroid dienone is 14. The van der Waals surface area contributed by atoms with Gasteiger partial charge in [-0.3, -0.25) is 14.4 Å². The van der Waals surface area contributed by atoms with E-state index in [0.29, 0.717) is 19.3 Å². The van der Waals surface area contributed by atoms with Gasteiger partial charge in [0.2, 0.25) is 0 Å². The minimum atomic E-state index is -0.804. The van der Waals surface area contributed by atoms with Crippen LogP contribution >= 0.6 is 0 Å². The number of ether oxygens (including phenoxy) is 3. The van der Waals surface area contributed by atoms with Crippen LogP contribution in [0.25, 0.3) is 0 Å². The van der Waals surface area contributed by atoms with Gasteiger partial charge < -0.3 is 14.2 Å². The lowest BCUT2D eigenvalue weighted by Gasteiger charge is -2.18. The first kappa shape index (κ1) is 59.6. The van der Waals surface area contributed by atoms with Gasteiger partial charge in [0, 0.05) is 19.3 Å². The third-order valence-electron chi connectivity index (χ3n) is 10.9. The summed E-state index contributed by atoms with van der Waals surface area (Å²) in [5.41, 5.74) is 0. The highest BCUT2D eigenvalue weighted by Gasteiger charge is 2.19. The van der Waals surface area contributed by atoms with Gasteiger partial charge in [-0.05, 0) is 103 Å². The Labute approximate surface area is 388 Å². The van der Waals surface area contributed by atoms with Crippen molar-refractivity contribution in [1.29, 1.82) is 0 Å². The van der Waals surface area contributed by atoms with Crippen LogP contribution in [0.15, 0.2) is 85.1 Å². The largest absolute Gasteiger partial charge is 0.462 e. The van der Waals surface area contributed by atoms with E-state index in [0.717, 1.165) is 89.9 Å². The molecular formula is C57H96O6. The van der Waals surface area contributed by atoms with Crippen molar-refractivity contribution in [3.63, 3.8) is 0 Å². The first-order chi connectivity index (χ1) is 31.0. The minimum absolute atomic E-state index is 0.101. The summed E-state index contributed by atoms with van der Waals surface area (Å²) >= 11 is 0. The quantitative estimate of drug-likeness (QED) is 0.0262. The molecule has 0 aromatic heterocycles. The van der Waals surface area contributed by atoms with Crippen molar-refractivity contribution in [3.8, 4) is 0 Å². The number of hydrogen-bond acceptors (Lipinski definition) is 6. The van der Waals surface area contributed by atoms with Crippen LogP contribution in [-0.4, -0.2) is 37.2 Å². The summed E-state index contributed by atoms with van der Waals surface area (Å²) in [7, 11) is 0. The maximum absolute atomic E-state index is 12.8. The molecule has 0 rings (SSSR count). The summed E-state index contributed by atoms with van der Waals surface area (Å²) in [6.07, 6.45) is 65.7. The van der Waals surface area contributed by atoms with Crippen LogP contribution in [0.1, 0.15) is 239 Å². The van der Waals surface area contributed by atoms with Gasteiger partial charge >= 0.3 is 17.9 Å². The maximum Gasteiger partial charge on any atom is 0.306 e. The molecule has 0 fully saturated rings. The Morgan fingerprint density at radius 3 is 1.10 bits per heavy atom. The number of carbonyl (C=O) groups is 3. The molecule has 0 aliphatic heterocycles. The summed E-state index contributed by atoms with van der Waals surface area (Å²) in [4.78, 5) is 37.9. The van der Waals surface area contributed by atoms with Crippen LogP contribution in [0.5, 0.6) is 0 Å². The maximum atomic E-state index is 12.8. The van der Waals surface area contributed by atoms with Crippen molar-refractivity contribution in [3.05, 3.63) is 85.1 Å². The summed E-state index contributed by atoms with van der Waals surface area (Å²) < 4.78 is 16.7. The Kier molecular flexibility index (Phi) is 48.5. The monoisotopic (exact) mass is 877 g/mol. The molecule has 0 aliphatic carbocycles. The first-order valence-corrected chi connectivity index (χ1v) is 26.1. The molecule has 6 nitrogen and oxygen atoms in total. The van der Waals surface area contributed by atoms with Crippen LogP contribution in [0.4, 0.5) is 0 Å². The smallest absolute Gasteiger partial charge is 0.306 e. The normalized spacial score (nSPS) is 12.7. The van der Waals surface area contributed by atoms with Gasteiger partial charge in [-0.1, -0.05) is 202 Å².